The van der Waals surface area contributed by atoms with Gasteiger partial charge in [0.1, 0.15) is 0 Å². The molecule has 4 heteroatoms. The monoisotopic (exact) mass is 327 g/mol. The summed E-state index contributed by atoms with van der Waals surface area (Å²) in [6, 6.07) is 13.9. The minimum Gasteiger partial charge on any atom is -0.398 e. The van der Waals surface area contributed by atoms with E-state index in [9.17, 15) is 0 Å². The summed E-state index contributed by atoms with van der Waals surface area (Å²) >= 11 is 11.1. The number of rotatable bonds is 3. The highest BCUT2D eigenvalue weighted by Crippen LogP contribution is 2.28. The molecule has 17 heavy (non-hydrogen) atoms. The first kappa shape index (κ1) is 12.8. The summed E-state index contributed by atoms with van der Waals surface area (Å²) in [7, 11) is 0. The maximum absolute atomic E-state index is 5.91. The summed E-state index contributed by atoms with van der Waals surface area (Å²) in [6.45, 7) is 0. The van der Waals surface area contributed by atoms with Gasteiger partial charge in [0, 0.05) is 25.8 Å². The average molecular weight is 329 g/mol. The molecular weight excluding hydrogens is 318 g/mol. The maximum atomic E-state index is 5.91. The molecule has 0 radical (unpaired) electrons. The summed E-state index contributed by atoms with van der Waals surface area (Å²) in [5, 5.41) is 0.679. The van der Waals surface area contributed by atoms with Gasteiger partial charge < -0.3 is 5.73 Å². The van der Waals surface area contributed by atoms with Gasteiger partial charge in [-0.2, -0.15) is 0 Å². The van der Waals surface area contributed by atoms with Crippen LogP contribution in [0.5, 0.6) is 0 Å². The van der Waals surface area contributed by atoms with Crippen LogP contribution in [-0.2, 0) is 5.75 Å². The number of hydrogen-bond acceptors (Lipinski definition) is 2. The lowest BCUT2D eigenvalue weighted by Gasteiger charge is -2.06. The zero-order valence-electron chi connectivity index (χ0n) is 8.99. The van der Waals surface area contributed by atoms with Crippen molar-refractivity contribution in [3.8, 4) is 0 Å². The average Bonchev–Trinajstić information content (AvgIpc) is 2.28. The molecule has 0 bridgehead atoms. The highest BCUT2D eigenvalue weighted by atomic mass is 79.9. The Morgan fingerprint density at radius 3 is 2.71 bits per heavy atom. The van der Waals surface area contributed by atoms with Crippen LogP contribution in [-0.4, -0.2) is 0 Å². The zero-order chi connectivity index (χ0) is 12.3. The van der Waals surface area contributed by atoms with Gasteiger partial charge in [0.05, 0.1) is 0 Å². The van der Waals surface area contributed by atoms with E-state index in [0.717, 1.165) is 21.5 Å². The van der Waals surface area contributed by atoms with Crippen molar-refractivity contribution in [3.63, 3.8) is 0 Å². The Hall–Kier alpha value is -0.640. The second kappa shape index (κ2) is 5.80. The van der Waals surface area contributed by atoms with Crippen LogP contribution in [0.2, 0.25) is 5.02 Å². The predicted octanol–water partition coefficient (Wildman–Crippen LogP) is 4.98. The number of hydrogen-bond donors (Lipinski definition) is 1. The maximum Gasteiger partial charge on any atom is 0.0426 e. The third kappa shape index (κ3) is 3.66. The Labute approximate surface area is 118 Å². The van der Waals surface area contributed by atoms with Crippen molar-refractivity contribution >= 4 is 45.0 Å². The fraction of sp³-hybridized carbons (Fsp3) is 0.0769. The van der Waals surface area contributed by atoms with Crippen molar-refractivity contribution in [2.24, 2.45) is 0 Å². The highest BCUT2D eigenvalue weighted by molar-refractivity contribution is 9.10. The third-order valence-corrected chi connectivity index (χ3v) is 4.07. The fourth-order valence-electron chi connectivity index (χ4n) is 1.42. The standard InChI is InChI=1S/C13H11BrClNS/c14-10-2-1-3-12(6-10)17-8-9-4-5-11(15)7-13(9)16/h1-7H,8,16H2. The summed E-state index contributed by atoms with van der Waals surface area (Å²) in [4.78, 5) is 1.22. The van der Waals surface area contributed by atoms with Gasteiger partial charge in [-0.25, -0.2) is 0 Å². The van der Waals surface area contributed by atoms with E-state index in [1.807, 2.05) is 24.3 Å². The SMILES string of the molecule is Nc1cc(Cl)ccc1CSc1cccc(Br)c1. The molecule has 0 saturated heterocycles. The molecule has 1 nitrogen and oxygen atoms in total. The molecule has 0 fully saturated rings. The number of nitrogens with two attached hydrogens (primary N) is 1. The molecule has 0 aliphatic heterocycles. The van der Waals surface area contributed by atoms with E-state index < -0.39 is 0 Å². The Balaban J connectivity index is 2.07. The van der Waals surface area contributed by atoms with Crippen LogP contribution in [0.25, 0.3) is 0 Å². The molecule has 2 aromatic rings. The van der Waals surface area contributed by atoms with Crippen molar-refractivity contribution in [2.45, 2.75) is 10.6 Å². The lowest BCUT2D eigenvalue weighted by atomic mass is 10.2. The Bertz CT molecular complexity index is 531. The quantitative estimate of drug-likeness (QED) is 0.635. The number of thioether (sulfide) groups is 1. The number of anilines is 1. The van der Waals surface area contributed by atoms with Crippen molar-refractivity contribution in [1.82, 2.24) is 0 Å². The van der Waals surface area contributed by atoms with Gasteiger partial charge in [0.25, 0.3) is 0 Å². The van der Waals surface area contributed by atoms with Crippen LogP contribution in [0.3, 0.4) is 0 Å². The largest absolute Gasteiger partial charge is 0.398 e. The Kier molecular flexibility index (Phi) is 4.37. The first-order chi connectivity index (χ1) is 8.15. The van der Waals surface area contributed by atoms with E-state index in [1.54, 1.807) is 17.8 Å². The van der Waals surface area contributed by atoms with Gasteiger partial charge in [-0.1, -0.05) is 39.7 Å². The molecule has 0 aliphatic rings. The summed E-state index contributed by atoms with van der Waals surface area (Å²) < 4.78 is 1.09. The highest BCUT2D eigenvalue weighted by Gasteiger charge is 2.01. The molecule has 88 valence electrons. The smallest absolute Gasteiger partial charge is 0.0426 e. The summed E-state index contributed by atoms with van der Waals surface area (Å²) in [5.41, 5.74) is 7.77. The second-order valence-electron chi connectivity index (χ2n) is 3.59. The Morgan fingerprint density at radius 1 is 1.18 bits per heavy atom. The van der Waals surface area contributed by atoms with E-state index in [1.165, 1.54) is 4.90 Å². The van der Waals surface area contributed by atoms with E-state index in [4.69, 9.17) is 17.3 Å². The first-order valence-electron chi connectivity index (χ1n) is 5.07. The lowest BCUT2D eigenvalue weighted by Crippen LogP contribution is -1.92. The first-order valence-corrected chi connectivity index (χ1v) is 7.23. The van der Waals surface area contributed by atoms with Gasteiger partial charge in [0.2, 0.25) is 0 Å². The normalized spacial score (nSPS) is 10.5. The van der Waals surface area contributed by atoms with Crippen molar-refractivity contribution in [2.75, 3.05) is 5.73 Å². The molecule has 2 rings (SSSR count). The molecular formula is C13H11BrClNS. The third-order valence-electron chi connectivity index (χ3n) is 2.30. The van der Waals surface area contributed by atoms with Gasteiger partial charge >= 0.3 is 0 Å². The minimum absolute atomic E-state index is 0.679. The molecule has 0 spiro atoms. The van der Waals surface area contributed by atoms with Crippen LogP contribution in [0.1, 0.15) is 5.56 Å². The molecule has 0 aliphatic carbocycles. The van der Waals surface area contributed by atoms with Crippen molar-refractivity contribution in [1.29, 1.82) is 0 Å². The summed E-state index contributed by atoms with van der Waals surface area (Å²) in [5.74, 6) is 0.847. The zero-order valence-corrected chi connectivity index (χ0v) is 12.1. The molecule has 2 N–H and O–H groups in total. The van der Waals surface area contributed by atoms with Crippen LogP contribution < -0.4 is 5.73 Å². The van der Waals surface area contributed by atoms with E-state index in [0.29, 0.717) is 5.02 Å². The van der Waals surface area contributed by atoms with E-state index >= 15 is 0 Å². The molecule has 0 amide bonds. The van der Waals surface area contributed by atoms with Crippen LogP contribution >= 0.6 is 39.3 Å². The Morgan fingerprint density at radius 2 is 2.00 bits per heavy atom. The van der Waals surface area contributed by atoms with Gasteiger partial charge in [-0.05, 0) is 35.9 Å². The predicted molar refractivity (Wildman–Crippen MR) is 79.6 cm³/mol. The lowest BCUT2D eigenvalue weighted by molar-refractivity contribution is 1.37. The van der Waals surface area contributed by atoms with Crippen LogP contribution in [0, 0.1) is 0 Å². The van der Waals surface area contributed by atoms with Crippen LogP contribution in [0.4, 0.5) is 5.69 Å². The topological polar surface area (TPSA) is 26.0 Å². The molecule has 2 aromatic carbocycles. The number of halogens is 2. The molecule has 0 saturated carbocycles. The van der Waals surface area contributed by atoms with E-state index in [-0.39, 0.29) is 0 Å². The fourth-order valence-corrected chi connectivity index (χ4v) is 3.12. The molecule has 0 atom stereocenters. The number of nitrogen functional groups attached to an aromatic ring is 1. The molecule has 0 unspecified atom stereocenters. The molecule has 0 aromatic heterocycles. The number of benzene rings is 2. The summed E-state index contributed by atoms with van der Waals surface area (Å²) in [6.07, 6.45) is 0. The van der Waals surface area contributed by atoms with Crippen LogP contribution in [0.15, 0.2) is 51.8 Å². The molecule has 0 heterocycles. The van der Waals surface area contributed by atoms with Gasteiger partial charge in [-0.3, -0.25) is 0 Å². The van der Waals surface area contributed by atoms with Crippen molar-refractivity contribution in [3.05, 3.63) is 57.5 Å². The van der Waals surface area contributed by atoms with Gasteiger partial charge in [0.15, 0.2) is 0 Å². The second-order valence-corrected chi connectivity index (χ2v) is 5.99. The van der Waals surface area contributed by atoms with E-state index in [2.05, 4.69) is 28.1 Å². The minimum atomic E-state index is 0.679. The van der Waals surface area contributed by atoms with Crippen molar-refractivity contribution < 1.29 is 0 Å². The van der Waals surface area contributed by atoms with Gasteiger partial charge in [-0.15, -0.1) is 11.8 Å².